The molecule has 0 N–H and O–H groups in total. The normalized spacial score (nSPS) is 15.8. The van der Waals surface area contributed by atoms with Crippen molar-refractivity contribution >= 4 is 29.6 Å². The number of rotatable bonds is 4. The number of hydrogen-bond acceptors (Lipinski definition) is 5. The van der Waals surface area contributed by atoms with Crippen LogP contribution in [0.15, 0.2) is 48.0 Å². The van der Waals surface area contributed by atoms with Crippen LogP contribution in [0.4, 0.5) is 4.39 Å². The molecule has 3 rings (SSSR count). The van der Waals surface area contributed by atoms with Crippen LogP contribution in [0.1, 0.15) is 25.0 Å². The summed E-state index contributed by atoms with van der Waals surface area (Å²) in [7, 11) is 0. The van der Waals surface area contributed by atoms with Crippen molar-refractivity contribution in [2.24, 2.45) is 0 Å². The van der Waals surface area contributed by atoms with Gasteiger partial charge in [-0.05, 0) is 41.5 Å². The quantitative estimate of drug-likeness (QED) is 0.443. The van der Waals surface area contributed by atoms with E-state index in [1.165, 1.54) is 32.1 Å². The Bertz CT molecular complexity index is 914. The van der Waals surface area contributed by atoms with E-state index in [9.17, 15) is 14.0 Å². The Morgan fingerprint density at radius 1 is 1.11 bits per heavy atom. The van der Waals surface area contributed by atoms with E-state index in [-0.39, 0.29) is 17.2 Å². The first-order valence-electron chi connectivity index (χ1n) is 8.09. The molecular formula is C20H16ClFO5. The summed E-state index contributed by atoms with van der Waals surface area (Å²) < 4.78 is 29.2. The van der Waals surface area contributed by atoms with Crippen molar-refractivity contribution in [1.82, 2.24) is 0 Å². The zero-order chi connectivity index (χ0) is 19.6. The molecular weight excluding hydrogens is 375 g/mol. The van der Waals surface area contributed by atoms with Gasteiger partial charge in [-0.2, -0.15) is 0 Å². The summed E-state index contributed by atoms with van der Waals surface area (Å²) in [4.78, 5) is 24.0. The Kier molecular flexibility index (Phi) is 5.19. The minimum absolute atomic E-state index is 0.0433. The smallest absolute Gasteiger partial charge is 0.348 e. The second-order valence-electron chi connectivity index (χ2n) is 6.35. The summed E-state index contributed by atoms with van der Waals surface area (Å²) in [5, 5.41) is 0.0433. The third-order valence-corrected chi connectivity index (χ3v) is 3.98. The molecule has 2 aromatic carbocycles. The number of halogens is 2. The van der Waals surface area contributed by atoms with Crippen LogP contribution >= 0.6 is 11.6 Å². The van der Waals surface area contributed by atoms with Gasteiger partial charge in [0, 0.05) is 13.8 Å². The molecule has 0 aliphatic carbocycles. The second-order valence-corrected chi connectivity index (χ2v) is 6.75. The summed E-state index contributed by atoms with van der Waals surface area (Å²) >= 11 is 5.65. The van der Waals surface area contributed by atoms with E-state index in [1.807, 2.05) is 0 Å². The number of esters is 2. The van der Waals surface area contributed by atoms with Crippen molar-refractivity contribution < 1.29 is 28.2 Å². The van der Waals surface area contributed by atoms with Crippen LogP contribution in [0.25, 0.3) is 6.08 Å². The predicted molar refractivity (Wildman–Crippen MR) is 96.4 cm³/mol. The monoisotopic (exact) mass is 390 g/mol. The highest BCUT2D eigenvalue weighted by atomic mass is 35.5. The molecule has 1 fully saturated rings. The van der Waals surface area contributed by atoms with Crippen LogP contribution in [0, 0.1) is 5.82 Å². The lowest BCUT2D eigenvalue weighted by Crippen LogP contribution is -2.41. The van der Waals surface area contributed by atoms with Crippen molar-refractivity contribution in [3.63, 3.8) is 0 Å². The van der Waals surface area contributed by atoms with Crippen LogP contribution in [-0.4, -0.2) is 17.7 Å². The van der Waals surface area contributed by atoms with Crippen molar-refractivity contribution in [3.8, 4) is 5.75 Å². The largest absolute Gasteiger partial charge is 0.489 e. The Hall–Kier alpha value is -2.86. The van der Waals surface area contributed by atoms with Gasteiger partial charge in [-0.1, -0.05) is 29.8 Å². The summed E-state index contributed by atoms with van der Waals surface area (Å²) in [6.45, 7) is 3.09. The van der Waals surface area contributed by atoms with Crippen molar-refractivity contribution in [3.05, 3.63) is 70.0 Å². The molecule has 0 bridgehead atoms. The zero-order valence-electron chi connectivity index (χ0n) is 14.6. The molecule has 1 aliphatic rings. The van der Waals surface area contributed by atoms with E-state index in [0.717, 1.165) is 0 Å². The lowest BCUT2D eigenvalue weighted by molar-refractivity contribution is -0.222. The molecule has 5 nitrogen and oxygen atoms in total. The van der Waals surface area contributed by atoms with Crippen molar-refractivity contribution in [2.45, 2.75) is 26.2 Å². The maximum atomic E-state index is 13.5. The van der Waals surface area contributed by atoms with Crippen molar-refractivity contribution in [1.29, 1.82) is 0 Å². The van der Waals surface area contributed by atoms with Crippen LogP contribution in [0.3, 0.4) is 0 Å². The lowest BCUT2D eigenvalue weighted by Gasteiger charge is -2.29. The molecule has 27 heavy (non-hydrogen) atoms. The van der Waals surface area contributed by atoms with Gasteiger partial charge < -0.3 is 14.2 Å². The number of carbonyl (C=O) groups excluding carboxylic acids is 2. The molecule has 0 radical (unpaired) electrons. The molecule has 2 aromatic rings. The number of ether oxygens (including phenoxy) is 3. The average Bonchev–Trinajstić information content (AvgIpc) is 2.59. The third kappa shape index (κ3) is 4.65. The predicted octanol–water partition coefficient (Wildman–Crippen LogP) is 4.28. The molecule has 0 atom stereocenters. The Morgan fingerprint density at radius 3 is 2.48 bits per heavy atom. The summed E-state index contributed by atoms with van der Waals surface area (Å²) in [5.74, 6) is -2.82. The second kappa shape index (κ2) is 7.40. The lowest BCUT2D eigenvalue weighted by atomic mass is 10.1. The van der Waals surface area contributed by atoms with Gasteiger partial charge in [0.2, 0.25) is 0 Å². The first-order valence-corrected chi connectivity index (χ1v) is 8.46. The molecule has 1 aliphatic heterocycles. The van der Waals surface area contributed by atoms with Gasteiger partial charge in [-0.15, -0.1) is 0 Å². The standard InChI is InChI=1S/C20H16ClFO5/c1-20(2)26-18(23)15(19(24)27-20)9-12-4-3-5-14(8-12)25-11-13-6-7-16(21)17(22)10-13/h3-10H,11H2,1-2H3. The van der Waals surface area contributed by atoms with Gasteiger partial charge in [0.15, 0.2) is 0 Å². The molecule has 0 aromatic heterocycles. The fraction of sp³-hybridized carbons (Fsp3) is 0.200. The summed E-state index contributed by atoms with van der Waals surface area (Å²) in [5.41, 5.74) is 0.965. The molecule has 140 valence electrons. The Labute approximate surface area is 160 Å². The van der Waals surface area contributed by atoms with E-state index in [0.29, 0.717) is 16.9 Å². The maximum absolute atomic E-state index is 13.5. The number of cyclic esters (lactones) is 2. The van der Waals surface area contributed by atoms with E-state index < -0.39 is 23.5 Å². The molecule has 0 amide bonds. The van der Waals surface area contributed by atoms with Gasteiger partial charge in [-0.25, -0.2) is 14.0 Å². The summed E-state index contributed by atoms with van der Waals surface area (Å²) in [6, 6.07) is 11.2. The van der Waals surface area contributed by atoms with Gasteiger partial charge >= 0.3 is 11.9 Å². The van der Waals surface area contributed by atoms with Crippen LogP contribution < -0.4 is 4.74 Å². The van der Waals surface area contributed by atoms with Gasteiger partial charge in [0.1, 0.15) is 23.7 Å². The van der Waals surface area contributed by atoms with Crippen LogP contribution in [-0.2, 0) is 25.7 Å². The van der Waals surface area contributed by atoms with Crippen LogP contribution in [0.2, 0.25) is 5.02 Å². The van der Waals surface area contributed by atoms with Crippen molar-refractivity contribution in [2.75, 3.05) is 0 Å². The highest BCUT2D eigenvalue weighted by Gasteiger charge is 2.38. The number of hydrogen-bond donors (Lipinski definition) is 0. The van der Waals surface area contributed by atoms with Crippen LogP contribution in [0.5, 0.6) is 5.75 Å². The minimum atomic E-state index is -1.29. The molecule has 1 saturated heterocycles. The minimum Gasteiger partial charge on any atom is -0.489 e. The molecule has 0 saturated carbocycles. The summed E-state index contributed by atoms with van der Waals surface area (Å²) in [6.07, 6.45) is 1.37. The molecule has 1 heterocycles. The maximum Gasteiger partial charge on any atom is 0.348 e. The number of benzene rings is 2. The zero-order valence-corrected chi connectivity index (χ0v) is 15.4. The SMILES string of the molecule is CC1(C)OC(=O)C(=Cc2cccc(OCc3ccc(Cl)c(F)c3)c2)C(=O)O1. The third-order valence-electron chi connectivity index (χ3n) is 3.68. The fourth-order valence-corrected chi connectivity index (χ4v) is 2.55. The first-order chi connectivity index (χ1) is 12.7. The fourth-order valence-electron chi connectivity index (χ4n) is 2.44. The average molecular weight is 391 g/mol. The van der Waals surface area contributed by atoms with Gasteiger partial charge in [-0.3, -0.25) is 0 Å². The molecule has 0 spiro atoms. The van der Waals surface area contributed by atoms with E-state index in [4.69, 9.17) is 25.8 Å². The van der Waals surface area contributed by atoms with E-state index in [1.54, 1.807) is 30.3 Å². The highest BCUT2D eigenvalue weighted by molar-refractivity contribution is 6.30. The number of carbonyl (C=O) groups is 2. The Morgan fingerprint density at radius 2 is 1.81 bits per heavy atom. The molecule has 0 unspecified atom stereocenters. The first kappa shape index (κ1) is 18.9. The van der Waals surface area contributed by atoms with Gasteiger partial charge in [0.05, 0.1) is 5.02 Å². The Balaban J connectivity index is 1.74. The molecule has 7 heteroatoms. The highest BCUT2D eigenvalue weighted by Crippen LogP contribution is 2.25. The van der Waals surface area contributed by atoms with Gasteiger partial charge in [0.25, 0.3) is 5.79 Å². The van der Waals surface area contributed by atoms with E-state index >= 15 is 0 Å². The topological polar surface area (TPSA) is 61.8 Å². The van der Waals surface area contributed by atoms with E-state index in [2.05, 4.69) is 0 Å².